The van der Waals surface area contributed by atoms with E-state index in [4.69, 9.17) is 4.74 Å². The predicted molar refractivity (Wildman–Crippen MR) is 111 cm³/mol. The van der Waals surface area contributed by atoms with Crippen LogP contribution >= 0.6 is 11.3 Å². The third-order valence-corrected chi connectivity index (χ3v) is 5.63. The standard InChI is InChI=1S/C21H27N3O3S/c1-14(2)27-18-6-4-17(5-7-18)20-23-19(13-28-20)21(26)24-10-8-16(9-11-24)12-22-15(3)25/h4-7,13-14,16H,8-12H2,1-3H3,(H,22,25). The number of ether oxygens (including phenoxy) is 1. The van der Waals surface area contributed by atoms with E-state index >= 15 is 0 Å². The van der Waals surface area contributed by atoms with Gasteiger partial charge in [0, 0.05) is 37.5 Å². The fraction of sp³-hybridized carbons (Fsp3) is 0.476. The second-order valence-electron chi connectivity index (χ2n) is 7.40. The second-order valence-corrected chi connectivity index (χ2v) is 8.26. The van der Waals surface area contributed by atoms with Crippen LogP contribution in [0.3, 0.4) is 0 Å². The van der Waals surface area contributed by atoms with Crippen molar-refractivity contribution < 1.29 is 14.3 Å². The molecule has 3 rings (SSSR count). The van der Waals surface area contributed by atoms with Gasteiger partial charge in [-0.1, -0.05) is 0 Å². The molecule has 1 fully saturated rings. The Labute approximate surface area is 169 Å². The highest BCUT2D eigenvalue weighted by Gasteiger charge is 2.25. The molecule has 1 aliphatic rings. The molecule has 0 aliphatic carbocycles. The minimum Gasteiger partial charge on any atom is -0.491 e. The first kappa shape index (κ1) is 20.3. The Morgan fingerprint density at radius 2 is 1.93 bits per heavy atom. The number of amides is 2. The molecule has 0 atom stereocenters. The van der Waals surface area contributed by atoms with Gasteiger partial charge in [-0.3, -0.25) is 9.59 Å². The number of nitrogens with zero attached hydrogens (tertiary/aromatic N) is 2. The fourth-order valence-corrected chi connectivity index (χ4v) is 4.04. The van der Waals surface area contributed by atoms with E-state index in [1.807, 2.05) is 48.4 Å². The number of carbonyl (C=O) groups is 2. The van der Waals surface area contributed by atoms with Crippen LogP contribution in [0.2, 0.25) is 0 Å². The van der Waals surface area contributed by atoms with Crippen molar-refractivity contribution in [2.75, 3.05) is 19.6 Å². The van der Waals surface area contributed by atoms with Crippen LogP contribution in [0.1, 0.15) is 44.1 Å². The Balaban J connectivity index is 1.58. The molecule has 1 aliphatic heterocycles. The molecule has 6 nitrogen and oxygen atoms in total. The van der Waals surface area contributed by atoms with Crippen molar-refractivity contribution in [3.8, 4) is 16.3 Å². The number of nitrogens with one attached hydrogen (secondary N) is 1. The van der Waals surface area contributed by atoms with Gasteiger partial charge in [0.15, 0.2) is 0 Å². The van der Waals surface area contributed by atoms with Crippen LogP contribution in [0.25, 0.3) is 10.6 Å². The lowest BCUT2D eigenvalue weighted by atomic mass is 9.96. The van der Waals surface area contributed by atoms with E-state index in [1.54, 1.807) is 0 Å². The quantitative estimate of drug-likeness (QED) is 0.803. The average Bonchev–Trinajstić information content (AvgIpc) is 3.16. The number of likely N-dealkylation sites (tertiary alicyclic amines) is 1. The van der Waals surface area contributed by atoms with Gasteiger partial charge in [0.1, 0.15) is 16.5 Å². The maximum absolute atomic E-state index is 12.8. The average molecular weight is 402 g/mol. The molecule has 0 unspecified atom stereocenters. The van der Waals surface area contributed by atoms with Crippen molar-refractivity contribution in [3.05, 3.63) is 35.3 Å². The lowest BCUT2D eigenvalue weighted by Crippen LogP contribution is -2.41. The molecule has 1 N–H and O–H groups in total. The van der Waals surface area contributed by atoms with Crippen molar-refractivity contribution in [1.29, 1.82) is 0 Å². The van der Waals surface area contributed by atoms with Crippen LogP contribution in [0, 0.1) is 5.92 Å². The molecule has 1 aromatic heterocycles. The lowest BCUT2D eigenvalue weighted by Gasteiger charge is -2.31. The van der Waals surface area contributed by atoms with E-state index in [9.17, 15) is 9.59 Å². The van der Waals surface area contributed by atoms with Gasteiger partial charge >= 0.3 is 0 Å². The van der Waals surface area contributed by atoms with E-state index in [-0.39, 0.29) is 17.9 Å². The fourth-order valence-electron chi connectivity index (χ4n) is 3.24. The van der Waals surface area contributed by atoms with Crippen LogP contribution in [0.5, 0.6) is 5.75 Å². The Kier molecular flexibility index (Phi) is 6.67. The number of hydrogen-bond donors (Lipinski definition) is 1. The van der Waals surface area contributed by atoms with Crippen molar-refractivity contribution in [2.45, 2.75) is 39.7 Å². The molecule has 0 saturated carbocycles. The molecule has 1 saturated heterocycles. The molecule has 2 amide bonds. The first-order valence-electron chi connectivity index (χ1n) is 9.68. The van der Waals surface area contributed by atoms with E-state index in [0.717, 1.165) is 29.2 Å². The van der Waals surface area contributed by atoms with Crippen LogP contribution in [-0.2, 0) is 4.79 Å². The number of piperidine rings is 1. The smallest absolute Gasteiger partial charge is 0.273 e. The summed E-state index contributed by atoms with van der Waals surface area (Å²) in [5.74, 6) is 1.25. The van der Waals surface area contributed by atoms with E-state index < -0.39 is 0 Å². The number of aromatic nitrogens is 1. The number of rotatable bonds is 6. The first-order chi connectivity index (χ1) is 13.4. The van der Waals surface area contributed by atoms with E-state index in [2.05, 4.69) is 10.3 Å². The van der Waals surface area contributed by atoms with Gasteiger partial charge in [-0.25, -0.2) is 4.98 Å². The summed E-state index contributed by atoms with van der Waals surface area (Å²) in [5.41, 5.74) is 1.48. The SMILES string of the molecule is CC(=O)NCC1CCN(C(=O)c2csc(-c3ccc(OC(C)C)cc3)n2)CC1. The molecule has 2 heterocycles. The Hall–Kier alpha value is -2.41. The summed E-state index contributed by atoms with van der Waals surface area (Å²) < 4.78 is 5.67. The normalized spacial score (nSPS) is 14.9. The topological polar surface area (TPSA) is 71.5 Å². The predicted octanol–water partition coefficient (Wildman–Crippen LogP) is 3.59. The highest BCUT2D eigenvalue weighted by Crippen LogP contribution is 2.27. The van der Waals surface area contributed by atoms with Crippen LogP contribution in [0.4, 0.5) is 0 Å². The number of carbonyl (C=O) groups excluding carboxylic acids is 2. The molecule has 0 radical (unpaired) electrons. The van der Waals surface area contributed by atoms with Crippen LogP contribution in [0.15, 0.2) is 29.6 Å². The van der Waals surface area contributed by atoms with Gasteiger partial charge in [-0.05, 0) is 56.9 Å². The molecule has 150 valence electrons. The summed E-state index contributed by atoms with van der Waals surface area (Å²) in [6.07, 6.45) is 1.94. The minimum atomic E-state index is -0.0137. The molecule has 0 spiro atoms. The third-order valence-electron chi connectivity index (χ3n) is 4.74. The molecular weight excluding hydrogens is 374 g/mol. The van der Waals surface area contributed by atoms with Crippen LogP contribution in [-0.4, -0.2) is 47.4 Å². The molecule has 1 aromatic carbocycles. The Morgan fingerprint density at radius 1 is 1.25 bits per heavy atom. The summed E-state index contributed by atoms with van der Waals surface area (Å²) in [6.45, 7) is 7.62. The third kappa shape index (κ3) is 5.32. The maximum Gasteiger partial charge on any atom is 0.273 e. The zero-order valence-corrected chi connectivity index (χ0v) is 17.4. The monoisotopic (exact) mass is 401 g/mol. The molecule has 7 heteroatoms. The highest BCUT2D eigenvalue weighted by molar-refractivity contribution is 7.13. The number of hydrogen-bond acceptors (Lipinski definition) is 5. The molecule has 28 heavy (non-hydrogen) atoms. The lowest BCUT2D eigenvalue weighted by molar-refractivity contribution is -0.119. The van der Waals surface area contributed by atoms with Gasteiger partial charge < -0.3 is 15.0 Å². The van der Waals surface area contributed by atoms with Crippen molar-refractivity contribution in [3.63, 3.8) is 0 Å². The van der Waals surface area contributed by atoms with E-state index in [1.165, 1.54) is 18.3 Å². The zero-order valence-electron chi connectivity index (χ0n) is 16.6. The summed E-state index contributed by atoms with van der Waals surface area (Å²) >= 11 is 1.48. The summed E-state index contributed by atoms with van der Waals surface area (Å²) in [6, 6.07) is 7.80. The van der Waals surface area contributed by atoms with Crippen molar-refractivity contribution in [2.24, 2.45) is 5.92 Å². The zero-order chi connectivity index (χ0) is 20.1. The van der Waals surface area contributed by atoms with Crippen LogP contribution < -0.4 is 10.1 Å². The largest absolute Gasteiger partial charge is 0.491 e. The summed E-state index contributed by atoms with van der Waals surface area (Å²) in [7, 11) is 0. The summed E-state index contributed by atoms with van der Waals surface area (Å²) in [5, 5.41) is 5.53. The molecule has 0 bridgehead atoms. The van der Waals surface area contributed by atoms with Gasteiger partial charge in [0.05, 0.1) is 6.10 Å². The first-order valence-corrected chi connectivity index (χ1v) is 10.6. The summed E-state index contributed by atoms with van der Waals surface area (Å²) in [4.78, 5) is 30.2. The minimum absolute atomic E-state index is 0.00249. The Bertz CT molecular complexity index is 809. The van der Waals surface area contributed by atoms with Gasteiger partial charge in [-0.2, -0.15) is 0 Å². The van der Waals surface area contributed by atoms with Gasteiger partial charge in [0.2, 0.25) is 5.91 Å². The molecular formula is C21H27N3O3S. The molecule has 2 aromatic rings. The highest BCUT2D eigenvalue weighted by atomic mass is 32.1. The number of thiazole rings is 1. The van der Waals surface area contributed by atoms with E-state index in [0.29, 0.717) is 31.2 Å². The number of benzene rings is 1. The van der Waals surface area contributed by atoms with Gasteiger partial charge in [-0.15, -0.1) is 11.3 Å². The maximum atomic E-state index is 12.8. The van der Waals surface area contributed by atoms with Crippen molar-refractivity contribution >= 4 is 23.2 Å². The Morgan fingerprint density at radius 3 is 2.54 bits per heavy atom. The van der Waals surface area contributed by atoms with Gasteiger partial charge in [0.25, 0.3) is 5.91 Å². The van der Waals surface area contributed by atoms with Crippen molar-refractivity contribution in [1.82, 2.24) is 15.2 Å². The second kappa shape index (κ2) is 9.19.